The van der Waals surface area contributed by atoms with Gasteiger partial charge in [-0.05, 0) is 36.4 Å². The second-order valence-electron chi connectivity index (χ2n) is 6.12. The molecule has 0 saturated carbocycles. The van der Waals surface area contributed by atoms with Crippen LogP contribution in [0.2, 0.25) is 0 Å². The lowest BCUT2D eigenvalue weighted by Crippen LogP contribution is -2.26. The molecule has 28 heavy (non-hydrogen) atoms. The summed E-state index contributed by atoms with van der Waals surface area (Å²) in [4.78, 5) is 16.5. The number of hydrogen-bond acceptors (Lipinski definition) is 5. The number of hydrogen-bond donors (Lipinski definition) is 1. The fourth-order valence-corrected chi connectivity index (χ4v) is 3.86. The molecule has 142 valence electrons. The minimum atomic E-state index is -0.192. The molecular weight excluding hydrogens is 440 g/mol. The van der Waals surface area contributed by atoms with Crippen molar-refractivity contribution < 1.29 is 13.9 Å². The third kappa shape index (κ3) is 4.67. The van der Waals surface area contributed by atoms with Crippen LogP contribution in [-0.4, -0.2) is 17.5 Å². The Bertz CT molecular complexity index is 1060. The number of nitrogens with one attached hydrogen (secondary N) is 1. The Morgan fingerprint density at radius 1 is 1.11 bits per heavy atom. The van der Waals surface area contributed by atoms with Gasteiger partial charge in [-0.1, -0.05) is 40.2 Å². The van der Waals surface area contributed by atoms with E-state index in [9.17, 15) is 4.79 Å². The molecule has 7 heteroatoms. The van der Waals surface area contributed by atoms with E-state index in [2.05, 4.69) is 26.2 Å². The lowest BCUT2D eigenvalue weighted by atomic mass is 10.2. The summed E-state index contributed by atoms with van der Waals surface area (Å²) in [6.45, 7) is 0.622. The van der Waals surface area contributed by atoms with E-state index in [0.717, 1.165) is 31.0 Å². The highest BCUT2D eigenvalue weighted by Gasteiger charge is 2.08. The van der Waals surface area contributed by atoms with Crippen LogP contribution in [0.1, 0.15) is 10.8 Å². The second kappa shape index (κ2) is 8.68. The smallest absolute Gasteiger partial charge is 0.246 e. The van der Waals surface area contributed by atoms with Crippen molar-refractivity contribution in [2.45, 2.75) is 13.2 Å². The minimum Gasteiger partial charge on any atom is -0.459 e. The molecule has 4 rings (SSSR count). The van der Waals surface area contributed by atoms with Crippen molar-refractivity contribution in [2.75, 3.05) is 6.61 Å². The second-order valence-corrected chi connectivity index (χ2v) is 8.15. The molecule has 0 unspecified atom stereocenters. The predicted octanol–water partition coefficient (Wildman–Crippen LogP) is 5.15. The van der Waals surface area contributed by atoms with Crippen LogP contribution >= 0.6 is 27.3 Å². The van der Waals surface area contributed by atoms with Crippen molar-refractivity contribution in [1.82, 2.24) is 10.3 Å². The van der Waals surface area contributed by atoms with Gasteiger partial charge >= 0.3 is 0 Å². The van der Waals surface area contributed by atoms with Gasteiger partial charge in [0.2, 0.25) is 5.91 Å². The van der Waals surface area contributed by atoms with Gasteiger partial charge in [-0.15, -0.1) is 11.3 Å². The third-order valence-corrected chi connectivity index (χ3v) is 5.59. The zero-order valence-electron chi connectivity index (χ0n) is 14.9. The van der Waals surface area contributed by atoms with Gasteiger partial charge in [-0.25, -0.2) is 4.98 Å². The van der Waals surface area contributed by atoms with Crippen LogP contribution in [-0.2, 0) is 22.7 Å². The number of rotatable bonds is 7. The average molecular weight is 457 g/mol. The SMILES string of the molecule is O=C(COCc1nc2ccccc2s1)NCc1ccc(-c2ccc(Br)cc2)o1. The Morgan fingerprint density at radius 3 is 2.75 bits per heavy atom. The first-order valence-corrected chi connectivity index (χ1v) is 10.3. The molecule has 2 aromatic carbocycles. The predicted molar refractivity (Wildman–Crippen MR) is 113 cm³/mol. The van der Waals surface area contributed by atoms with Gasteiger partial charge in [0.05, 0.1) is 23.4 Å². The van der Waals surface area contributed by atoms with Crippen molar-refractivity contribution in [1.29, 1.82) is 0 Å². The van der Waals surface area contributed by atoms with Gasteiger partial charge in [0.15, 0.2) is 0 Å². The summed E-state index contributed by atoms with van der Waals surface area (Å²) in [5.74, 6) is 1.27. The molecule has 0 saturated heterocycles. The average Bonchev–Trinajstić information content (AvgIpc) is 3.33. The number of para-hydroxylation sites is 1. The summed E-state index contributed by atoms with van der Waals surface area (Å²) in [5.41, 5.74) is 1.94. The first-order chi connectivity index (χ1) is 13.7. The fourth-order valence-electron chi connectivity index (χ4n) is 2.69. The van der Waals surface area contributed by atoms with E-state index in [1.807, 2.05) is 60.7 Å². The number of nitrogens with zero attached hydrogens (tertiary/aromatic N) is 1. The summed E-state index contributed by atoms with van der Waals surface area (Å²) in [6.07, 6.45) is 0. The molecule has 5 nitrogen and oxygen atoms in total. The van der Waals surface area contributed by atoms with Gasteiger partial charge in [0.1, 0.15) is 23.1 Å². The molecule has 0 atom stereocenters. The van der Waals surface area contributed by atoms with E-state index in [1.54, 1.807) is 11.3 Å². The lowest BCUT2D eigenvalue weighted by Gasteiger charge is -2.04. The Labute approximate surface area is 174 Å². The summed E-state index contributed by atoms with van der Waals surface area (Å²) in [7, 11) is 0. The normalized spacial score (nSPS) is 11.0. The molecule has 0 radical (unpaired) electrons. The quantitative estimate of drug-likeness (QED) is 0.417. The molecule has 0 aliphatic carbocycles. The molecule has 0 aliphatic heterocycles. The molecule has 0 bridgehead atoms. The maximum absolute atomic E-state index is 12.0. The summed E-state index contributed by atoms with van der Waals surface area (Å²) >= 11 is 4.99. The molecule has 1 N–H and O–H groups in total. The highest BCUT2D eigenvalue weighted by Crippen LogP contribution is 2.24. The van der Waals surface area contributed by atoms with E-state index in [0.29, 0.717) is 18.9 Å². The zero-order chi connectivity index (χ0) is 19.3. The minimum absolute atomic E-state index is 0.0177. The van der Waals surface area contributed by atoms with Gasteiger partial charge in [-0.2, -0.15) is 0 Å². The highest BCUT2D eigenvalue weighted by atomic mass is 79.9. The van der Waals surface area contributed by atoms with E-state index in [4.69, 9.17) is 9.15 Å². The Kier molecular flexibility index (Phi) is 5.85. The maximum atomic E-state index is 12.0. The third-order valence-electron chi connectivity index (χ3n) is 4.05. The van der Waals surface area contributed by atoms with Gasteiger partial charge in [0.25, 0.3) is 0 Å². The van der Waals surface area contributed by atoms with Crippen LogP contribution in [0.5, 0.6) is 0 Å². The molecule has 1 amide bonds. The van der Waals surface area contributed by atoms with Crippen molar-refractivity contribution in [3.05, 3.63) is 75.9 Å². The van der Waals surface area contributed by atoms with Crippen molar-refractivity contribution in [3.63, 3.8) is 0 Å². The highest BCUT2D eigenvalue weighted by molar-refractivity contribution is 9.10. The number of carbonyl (C=O) groups excluding carboxylic acids is 1. The zero-order valence-corrected chi connectivity index (χ0v) is 17.3. The Balaban J connectivity index is 1.24. The molecule has 0 aliphatic rings. The number of thiazole rings is 1. The van der Waals surface area contributed by atoms with Crippen molar-refractivity contribution in [3.8, 4) is 11.3 Å². The monoisotopic (exact) mass is 456 g/mol. The number of halogens is 1. The van der Waals surface area contributed by atoms with Gasteiger partial charge < -0.3 is 14.5 Å². The first kappa shape index (κ1) is 18.9. The van der Waals surface area contributed by atoms with E-state index in [1.165, 1.54) is 0 Å². The van der Waals surface area contributed by atoms with E-state index >= 15 is 0 Å². The number of carbonyl (C=O) groups is 1. The van der Waals surface area contributed by atoms with Gasteiger partial charge in [0, 0.05) is 10.0 Å². The van der Waals surface area contributed by atoms with Crippen LogP contribution in [0.3, 0.4) is 0 Å². The topological polar surface area (TPSA) is 64.4 Å². The number of ether oxygens (including phenoxy) is 1. The number of benzene rings is 2. The standard InChI is InChI=1S/C21H17BrN2O3S/c22-15-7-5-14(6-8-15)18-10-9-16(27-18)11-23-20(25)12-26-13-21-24-17-3-1-2-4-19(17)28-21/h1-10H,11-13H2,(H,23,25). The fraction of sp³-hybridized carbons (Fsp3) is 0.143. The summed E-state index contributed by atoms with van der Waals surface area (Å²) in [6, 6.07) is 19.6. The molecule has 0 spiro atoms. The molecule has 2 aromatic heterocycles. The molecule has 4 aromatic rings. The first-order valence-electron chi connectivity index (χ1n) is 8.71. The van der Waals surface area contributed by atoms with Crippen LogP contribution in [0.25, 0.3) is 21.5 Å². The molecule has 2 heterocycles. The Morgan fingerprint density at radius 2 is 1.93 bits per heavy atom. The Hall–Kier alpha value is -2.48. The van der Waals surface area contributed by atoms with Crippen LogP contribution in [0.15, 0.2) is 69.6 Å². The van der Waals surface area contributed by atoms with Crippen LogP contribution in [0.4, 0.5) is 0 Å². The van der Waals surface area contributed by atoms with Gasteiger partial charge in [-0.3, -0.25) is 4.79 Å². The number of fused-ring (bicyclic) bond motifs is 1. The van der Waals surface area contributed by atoms with E-state index in [-0.39, 0.29) is 12.5 Å². The largest absolute Gasteiger partial charge is 0.459 e. The molecular formula is C21H17BrN2O3S. The lowest BCUT2D eigenvalue weighted by molar-refractivity contribution is -0.126. The summed E-state index contributed by atoms with van der Waals surface area (Å²) < 4.78 is 13.4. The van der Waals surface area contributed by atoms with Crippen molar-refractivity contribution in [2.24, 2.45) is 0 Å². The van der Waals surface area contributed by atoms with Crippen LogP contribution in [0, 0.1) is 0 Å². The maximum Gasteiger partial charge on any atom is 0.246 e. The van der Waals surface area contributed by atoms with Crippen molar-refractivity contribution >= 4 is 43.4 Å². The van der Waals surface area contributed by atoms with Crippen LogP contribution < -0.4 is 5.32 Å². The molecule has 0 fully saturated rings. The summed E-state index contributed by atoms with van der Waals surface area (Å²) in [5, 5.41) is 3.66. The number of amides is 1. The van der Waals surface area contributed by atoms with E-state index < -0.39 is 0 Å². The number of furan rings is 1. The number of aromatic nitrogens is 1.